The summed E-state index contributed by atoms with van der Waals surface area (Å²) in [5, 5.41) is 14.5. The summed E-state index contributed by atoms with van der Waals surface area (Å²) in [5.41, 5.74) is -0.433. The molecule has 34 heavy (non-hydrogen) atoms. The highest BCUT2D eigenvalue weighted by Gasteiger charge is 2.53. The quantitative estimate of drug-likeness (QED) is 0.476. The lowest BCUT2D eigenvalue weighted by molar-refractivity contribution is -0.147. The van der Waals surface area contributed by atoms with Crippen LogP contribution >= 0.6 is 11.6 Å². The van der Waals surface area contributed by atoms with E-state index >= 15 is 0 Å². The van der Waals surface area contributed by atoms with Crippen LogP contribution < -0.4 is 10.6 Å². The Bertz CT molecular complexity index is 991. The average Bonchev–Trinajstić information content (AvgIpc) is 3.37. The van der Waals surface area contributed by atoms with Crippen molar-refractivity contribution in [2.24, 2.45) is 11.3 Å². The average molecular weight is 492 g/mol. The number of carboxylic acids is 1. The van der Waals surface area contributed by atoms with Gasteiger partial charge in [0.15, 0.2) is 0 Å². The number of aliphatic carboxylic acids is 1. The number of nitrogens with zero attached hydrogens (tertiary/aromatic N) is 1. The highest BCUT2D eigenvalue weighted by Crippen LogP contribution is 2.43. The number of carbonyl (C=O) groups is 5. The molecule has 0 spiro atoms. The standard InChI is InChI=1S/C24H30ClN3O6/c1-24(2,3)20(27-21(32)16-6-4-5-7-17(16)25)23(34)28-15-9-8-13(10-15)19(28)22(33)26-14(12-29)11-18(30)31/h4-7,12-15,19-20H,8-11H2,1-3H3,(H,26,33)(H,27,32)(H,30,31)/t13?,14?,15?,19-,20?/m0/s1. The van der Waals surface area contributed by atoms with Crippen molar-refractivity contribution in [3.8, 4) is 0 Å². The first kappa shape index (κ1) is 25.7. The molecule has 1 aromatic rings. The first-order chi connectivity index (χ1) is 15.9. The summed E-state index contributed by atoms with van der Waals surface area (Å²) in [6, 6.07) is 3.42. The highest BCUT2D eigenvalue weighted by molar-refractivity contribution is 6.33. The topological polar surface area (TPSA) is 133 Å². The summed E-state index contributed by atoms with van der Waals surface area (Å²) in [5.74, 6) is -2.74. The van der Waals surface area contributed by atoms with Gasteiger partial charge in [0.25, 0.3) is 5.91 Å². The smallest absolute Gasteiger partial charge is 0.305 e. The number of rotatable bonds is 8. The maximum absolute atomic E-state index is 13.8. The van der Waals surface area contributed by atoms with E-state index in [-0.39, 0.29) is 28.5 Å². The van der Waals surface area contributed by atoms with Crippen LogP contribution in [-0.4, -0.2) is 64.2 Å². The number of fused-ring (bicyclic) bond motifs is 2. The van der Waals surface area contributed by atoms with Crippen molar-refractivity contribution in [1.82, 2.24) is 15.5 Å². The number of halogens is 1. The lowest BCUT2D eigenvalue weighted by Crippen LogP contribution is -2.61. The normalized spacial score (nSPS) is 23.2. The van der Waals surface area contributed by atoms with Crippen molar-refractivity contribution < 1.29 is 29.1 Å². The zero-order valence-electron chi connectivity index (χ0n) is 19.4. The number of carboxylic acid groups (broad SMARTS) is 1. The van der Waals surface area contributed by atoms with Gasteiger partial charge in [-0.1, -0.05) is 44.5 Å². The van der Waals surface area contributed by atoms with Gasteiger partial charge in [-0.3, -0.25) is 19.2 Å². The van der Waals surface area contributed by atoms with Gasteiger partial charge in [0.05, 0.1) is 23.0 Å². The minimum Gasteiger partial charge on any atom is -0.481 e. The molecule has 3 rings (SSSR count). The molecule has 5 atom stereocenters. The Balaban J connectivity index is 1.85. The summed E-state index contributed by atoms with van der Waals surface area (Å²) in [6.45, 7) is 5.46. The Morgan fingerprint density at radius 2 is 1.85 bits per heavy atom. The number of likely N-dealkylation sites (tertiary alicyclic amines) is 1. The number of benzene rings is 1. The molecule has 2 aliphatic rings. The van der Waals surface area contributed by atoms with Gasteiger partial charge >= 0.3 is 5.97 Å². The monoisotopic (exact) mass is 491 g/mol. The molecule has 184 valence electrons. The van der Waals surface area contributed by atoms with Crippen molar-refractivity contribution in [2.75, 3.05) is 0 Å². The van der Waals surface area contributed by atoms with Crippen LogP contribution in [0.2, 0.25) is 5.02 Å². The third-order valence-corrected chi connectivity index (χ3v) is 6.83. The van der Waals surface area contributed by atoms with E-state index in [0.29, 0.717) is 12.7 Å². The third kappa shape index (κ3) is 5.41. The number of amides is 3. The second-order valence-electron chi connectivity index (χ2n) is 10.0. The van der Waals surface area contributed by atoms with Crippen LogP contribution in [0.15, 0.2) is 24.3 Å². The Labute approximate surface area is 203 Å². The van der Waals surface area contributed by atoms with Crippen LogP contribution in [0.25, 0.3) is 0 Å². The van der Waals surface area contributed by atoms with Gasteiger partial charge in [0.1, 0.15) is 18.4 Å². The van der Waals surface area contributed by atoms with Crippen LogP contribution in [0.4, 0.5) is 0 Å². The molecule has 1 saturated heterocycles. The van der Waals surface area contributed by atoms with Gasteiger partial charge in [-0.25, -0.2) is 0 Å². The molecule has 0 radical (unpaired) electrons. The molecule has 1 saturated carbocycles. The fraction of sp³-hybridized carbons (Fsp3) is 0.542. The van der Waals surface area contributed by atoms with E-state index in [4.69, 9.17) is 16.7 Å². The predicted molar refractivity (Wildman–Crippen MR) is 124 cm³/mol. The van der Waals surface area contributed by atoms with E-state index < -0.39 is 47.7 Å². The van der Waals surface area contributed by atoms with E-state index in [1.165, 1.54) is 4.90 Å². The van der Waals surface area contributed by atoms with Crippen molar-refractivity contribution >= 4 is 41.6 Å². The predicted octanol–water partition coefficient (Wildman–Crippen LogP) is 2.02. The molecule has 2 fully saturated rings. The van der Waals surface area contributed by atoms with E-state index in [0.717, 1.165) is 12.8 Å². The second-order valence-corrected chi connectivity index (χ2v) is 10.4. The van der Waals surface area contributed by atoms with Gasteiger partial charge in [0, 0.05) is 6.04 Å². The molecular formula is C24H30ClN3O6. The van der Waals surface area contributed by atoms with Gasteiger partial charge < -0.3 is 25.4 Å². The molecule has 1 heterocycles. The molecule has 10 heteroatoms. The maximum Gasteiger partial charge on any atom is 0.305 e. The molecule has 9 nitrogen and oxygen atoms in total. The lowest BCUT2D eigenvalue weighted by Gasteiger charge is -2.40. The van der Waals surface area contributed by atoms with E-state index in [9.17, 15) is 24.0 Å². The van der Waals surface area contributed by atoms with Crippen molar-refractivity contribution in [1.29, 1.82) is 0 Å². The number of carbonyl (C=O) groups excluding carboxylic acids is 4. The van der Waals surface area contributed by atoms with Crippen LogP contribution in [-0.2, 0) is 19.2 Å². The summed E-state index contributed by atoms with van der Waals surface area (Å²) in [6.07, 6.45) is 1.98. The molecule has 1 aromatic carbocycles. The molecule has 3 amide bonds. The molecule has 1 aliphatic carbocycles. The molecular weight excluding hydrogens is 462 g/mol. The highest BCUT2D eigenvalue weighted by atomic mass is 35.5. The first-order valence-corrected chi connectivity index (χ1v) is 11.7. The molecule has 4 unspecified atom stereocenters. The minimum atomic E-state index is -1.21. The van der Waals surface area contributed by atoms with Crippen molar-refractivity contribution in [2.45, 2.75) is 70.6 Å². The zero-order chi connectivity index (χ0) is 25.2. The van der Waals surface area contributed by atoms with E-state index in [1.54, 1.807) is 24.3 Å². The fourth-order valence-electron chi connectivity index (χ4n) is 4.88. The summed E-state index contributed by atoms with van der Waals surface area (Å²) in [7, 11) is 0. The largest absolute Gasteiger partial charge is 0.481 e. The summed E-state index contributed by atoms with van der Waals surface area (Å²) in [4.78, 5) is 63.7. The third-order valence-electron chi connectivity index (χ3n) is 6.50. The summed E-state index contributed by atoms with van der Waals surface area (Å²) < 4.78 is 0. The van der Waals surface area contributed by atoms with Gasteiger partial charge in [-0.05, 0) is 42.7 Å². The molecule has 3 N–H and O–H groups in total. The Hall–Kier alpha value is -2.94. The summed E-state index contributed by atoms with van der Waals surface area (Å²) >= 11 is 6.16. The number of hydrogen-bond acceptors (Lipinski definition) is 5. The van der Waals surface area contributed by atoms with Crippen molar-refractivity contribution in [3.05, 3.63) is 34.9 Å². The lowest BCUT2D eigenvalue weighted by atomic mass is 9.84. The molecule has 1 aliphatic heterocycles. The van der Waals surface area contributed by atoms with Crippen LogP contribution in [0, 0.1) is 11.3 Å². The van der Waals surface area contributed by atoms with E-state index in [1.807, 2.05) is 20.8 Å². The van der Waals surface area contributed by atoms with Crippen LogP contribution in [0.5, 0.6) is 0 Å². The number of hydrogen-bond donors (Lipinski definition) is 3. The first-order valence-electron chi connectivity index (χ1n) is 11.3. The van der Waals surface area contributed by atoms with Gasteiger partial charge in [-0.2, -0.15) is 0 Å². The van der Waals surface area contributed by atoms with Crippen molar-refractivity contribution in [3.63, 3.8) is 0 Å². The van der Waals surface area contributed by atoms with Crippen LogP contribution in [0.1, 0.15) is 56.8 Å². The molecule has 0 aromatic heterocycles. The Kier molecular flexibility index (Phi) is 7.65. The SMILES string of the molecule is CC(C)(C)C(NC(=O)c1ccccc1Cl)C(=O)N1C2CCC(C2)[C@H]1C(=O)NC(C=O)CC(=O)O. The number of aldehydes is 1. The Morgan fingerprint density at radius 1 is 1.18 bits per heavy atom. The Morgan fingerprint density at radius 3 is 2.44 bits per heavy atom. The maximum atomic E-state index is 13.8. The second kappa shape index (κ2) is 10.1. The van der Waals surface area contributed by atoms with Gasteiger partial charge in [-0.15, -0.1) is 0 Å². The molecule has 2 bridgehead atoms. The number of piperidine rings is 1. The van der Waals surface area contributed by atoms with Gasteiger partial charge in [0.2, 0.25) is 11.8 Å². The fourth-order valence-corrected chi connectivity index (χ4v) is 5.11. The van der Waals surface area contributed by atoms with Crippen LogP contribution in [0.3, 0.4) is 0 Å². The number of nitrogens with one attached hydrogen (secondary N) is 2. The van der Waals surface area contributed by atoms with E-state index in [2.05, 4.69) is 10.6 Å². The zero-order valence-corrected chi connectivity index (χ0v) is 20.2. The minimum absolute atomic E-state index is 0.0917.